The Hall–Kier alpha value is -2.23. The average molecular weight is 408 g/mol. The molecule has 0 saturated carbocycles. The smallest absolute Gasteiger partial charge is 0.273 e. The summed E-state index contributed by atoms with van der Waals surface area (Å²) in [6.45, 7) is 1.57. The number of amides is 1. The minimum absolute atomic E-state index is 0.0941. The number of thioether (sulfide) groups is 1. The first-order chi connectivity index (χ1) is 12.5. The van der Waals surface area contributed by atoms with Crippen LogP contribution in [0.3, 0.4) is 0 Å². The molecule has 134 valence electrons. The molecule has 2 N–H and O–H groups in total. The van der Waals surface area contributed by atoms with E-state index >= 15 is 0 Å². The fourth-order valence-corrected chi connectivity index (χ4v) is 3.71. The van der Waals surface area contributed by atoms with E-state index < -0.39 is 0 Å². The summed E-state index contributed by atoms with van der Waals surface area (Å²) in [5.74, 6) is -0.140. The first kappa shape index (κ1) is 18.6. The van der Waals surface area contributed by atoms with Crippen LogP contribution in [0.1, 0.15) is 16.1 Å². The van der Waals surface area contributed by atoms with Crippen molar-refractivity contribution in [2.75, 3.05) is 11.1 Å². The van der Waals surface area contributed by atoms with Crippen LogP contribution in [0.15, 0.2) is 40.4 Å². The van der Waals surface area contributed by atoms with E-state index in [-0.39, 0.29) is 22.9 Å². The van der Waals surface area contributed by atoms with Gasteiger partial charge >= 0.3 is 0 Å². The fraction of sp³-hybridized carbons (Fsp3) is 0.188. The van der Waals surface area contributed by atoms with Gasteiger partial charge in [-0.25, -0.2) is 4.98 Å². The van der Waals surface area contributed by atoms with Gasteiger partial charge in [0.15, 0.2) is 10.3 Å². The SMILES string of the molecule is Cc1nnc(SCC(=O)Nc2ncc(Cc3cccc(Cl)c3)s2)[nH]c1=O. The van der Waals surface area contributed by atoms with E-state index in [1.54, 1.807) is 13.1 Å². The third kappa shape index (κ3) is 5.13. The van der Waals surface area contributed by atoms with Crippen molar-refractivity contribution < 1.29 is 4.79 Å². The van der Waals surface area contributed by atoms with Gasteiger partial charge in [-0.05, 0) is 24.6 Å². The average Bonchev–Trinajstić information content (AvgIpc) is 3.03. The second kappa shape index (κ2) is 8.43. The number of nitrogens with zero attached hydrogens (tertiary/aromatic N) is 3. The van der Waals surface area contributed by atoms with Gasteiger partial charge in [-0.2, -0.15) is 0 Å². The number of carbonyl (C=O) groups excluding carboxylic acids is 1. The van der Waals surface area contributed by atoms with E-state index in [4.69, 9.17) is 11.6 Å². The Labute approximate surface area is 162 Å². The lowest BCUT2D eigenvalue weighted by Crippen LogP contribution is -2.17. The van der Waals surface area contributed by atoms with Crippen LogP contribution in [-0.2, 0) is 11.2 Å². The molecule has 0 unspecified atom stereocenters. The molecule has 3 rings (SSSR count). The Balaban J connectivity index is 1.54. The van der Waals surface area contributed by atoms with Crippen LogP contribution in [0.2, 0.25) is 5.02 Å². The van der Waals surface area contributed by atoms with Gasteiger partial charge in [-0.3, -0.25) is 14.6 Å². The molecule has 0 bridgehead atoms. The van der Waals surface area contributed by atoms with E-state index in [1.165, 1.54) is 11.3 Å². The summed E-state index contributed by atoms with van der Waals surface area (Å²) in [6, 6.07) is 7.62. The molecular formula is C16H14ClN5O2S2. The number of thiazole rings is 1. The van der Waals surface area contributed by atoms with Crippen LogP contribution in [0.4, 0.5) is 5.13 Å². The summed E-state index contributed by atoms with van der Waals surface area (Å²) < 4.78 is 0. The molecule has 0 atom stereocenters. The normalized spacial score (nSPS) is 10.7. The number of nitrogens with one attached hydrogen (secondary N) is 2. The molecule has 7 nitrogen and oxygen atoms in total. The number of halogens is 1. The van der Waals surface area contributed by atoms with Crippen molar-refractivity contribution in [1.29, 1.82) is 0 Å². The summed E-state index contributed by atoms with van der Waals surface area (Å²) in [6.07, 6.45) is 2.43. The van der Waals surface area contributed by atoms with Gasteiger partial charge in [0.25, 0.3) is 5.56 Å². The van der Waals surface area contributed by atoms with Gasteiger partial charge in [0, 0.05) is 22.5 Å². The van der Waals surface area contributed by atoms with Gasteiger partial charge in [0.05, 0.1) is 5.75 Å². The second-order valence-electron chi connectivity index (χ2n) is 5.32. The topological polar surface area (TPSA) is 101 Å². The van der Waals surface area contributed by atoms with Crippen LogP contribution in [0.5, 0.6) is 0 Å². The second-order valence-corrected chi connectivity index (χ2v) is 7.84. The Kier molecular flexibility index (Phi) is 6.02. The number of benzene rings is 1. The maximum atomic E-state index is 12.0. The quantitative estimate of drug-likeness (QED) is 0.609. The van der Waals surface area contributed by atoms with Crippen molar-refractivity contribution in [2.45, 2.75) is 18.5 Å². The maximum absolute atomic E-state index is 12.0. The zero-order valence-corrected chi connectivity index (χ0v) is 16.0. The molecule has 0 spiro atoms. The van der Waals surface area contributed by atoms with Gasteiger partial charge < -0.3 is 5.32 Å². The zero-order valence-electron chi connectivity index (χ0n) is 13.7. The summed E-state index contributed by atoms with van der Waals surface area (Å²) in [5.41, 5.74) is 1.05. The number of aromatic amines is 1. The van der Waals surface area contributed by atoms with Crippen LogP contribution in [-0.4, -0.2) is 31.8 Å². The van der Waals surface area contributed by atoms with E-state index in [9.17, 15) is 9.59 Å². The van der Waals surface area contributed by atoms with Crippen LogP contribution >= 0.6 is 34.7 Å². The number of aromatic nitrogens is 4. The van der Waals surface area contributed by atoms with Crippen molar-refractivity contribution in [2.24, 2.45) is 0 Å². The Morgan fingerprint density at radius 1 is 1.38 bits per heavy atom. The molecule has 1 aromatic carbocycles. The minimum Gasteiger partial charge on any atom is -0.301 e. The number of hydrogen-bond acceptors (Lipinski definition) is 7. The molecule has 26 heavy (non-hydrogen) atoms. The number of anilines is 1. The highest BCUT2D eigenvalue weighted by atomic mass is 35.5. The fourth-order valence-electron chi connectivity index (χ4n) is 2.03. The number of H-pyrrole nitrogens is 1. The van der Waals surface area contributed by atoms with Gasteiger partial charge in [0.2, 0.25) is 5.91 Å². The standard InChI is InChI=1S/C16H14ClN5O2S2/c1-9-14(24)20-16(22-21-9)25-8-13(23)19-15-18-7-12(26-15)6-10-3-2-4-11(17)5-10/h2-5,7H,6,8H2,1H3,(H,18,19,23)(H,20,22,24). The Bertz CT molecular complexity index is 989. The van der Waals surface area contributed by atoms with Crippen molar-refractivity contribution in [3.8, 4) is 0 Å². The highest BCUT2D eigenvalue weighted by Gasteiger charge is 2.10. The molecule has 0 saturated heterocycles. The van der Waals surface area contributed by atoms with E-state index in [1.807, 2.05) is 24.3 Å². The number of rotatable bonds is 6. The minimum atomic E-state index is -0.312. The number of aryl methyl sites for hydroxylation is 1. The Morgan fingerprint density at radius 2 is 2.23 bits per heavy atom. The molecule has 2 heterocycles. The lowest BCUT2D eigenvalue weighted by Gasteiger charge is -2.01. The molecular weight excluding hydrogens is 394 g/mol. The van der Waals surface area contributed by atoms with Gasteiger partial charge in [-0.1, -0.05) is 35.5 Å². The zero-order chi connectivity index (χ0) is 18.5. The number of hydrogen-bond donors (Lipinski definition) is 2. The van der Waals surface area contributed by atoms with Gasteiger partial charge in [-0.15, -0.1) is 21.5 Å². The van der Waals surface area contributed by atoms with Crippen molar-refractivity contribution >= 4 is 45.7 Å². The molecule has 0 aliphatic rings. The molecule has 0 radical (unpaired) electrons. The molecule has 10 heteroatoms. The largest absolute Gasteiger partial charge is 0.301 e. The van der Waals surface area contributed by atoms with E-state index in [0.29, 0.717) is 21.7 Å². The third-order valence-corrected chi connectivity index (χ3v) is 5.26. The van der Waals surface area contributed by atoms with Crippen LogP contribution in [0, 0.1) is 6.92 Å². The van der Waals surface area contributed by atoms with Crippen molar-refractivity contribution in [3.05, 3.63) is 62.0 Å². The monoisotopic (exact) mass is 407 g/mol. The third-order valence-electron chi connectivity index (χ3n) is 3.25. The van der Waals surface area contributed by atoms with Crippen LogP contribution in [0.25, 0.3) is 0 Å². The highest BCUT2D eigenvalue weighted by Crippen LogP contribution is 2.23. The first-order valence-electron chi connectivity index (χ1n) is 7.55. The van der Waals surface area contributed by atoms with E-state index in [0.717, 1.165) is 22.2 Å². The summed E-state index contributed by atoms with van der Waals surface area (Å²) in [5, 5.41) is 11.8. The Morgan fingerprint density at radius 3 is 3.00 bits per heavy atom. The lowest BCUT2D eigenvalue weighted by molar-refractivity contribution is -0.113. The predicted octanol–water partition coefficient (Wildman–Crippen LogP) is 2.90. The lowest BCUT2D eigenvalue weighted by atomic mass is 10.1. The summed E-state index contributed by atoms with van der Waals surface area (Å²) in [7, 11) is 0. The molecule has 2 aromatic heterocycles. The number of carbonyl (C=O) groups is 1. The predicted molar refractivity (Wildman–Crippen MR) is 103 cm³/mol. The van der Waals surface area contributed by atoms with Gasteiger partial charge in [0.1, 0.15) is 5.69 Å². The molecule has 0 fully saturated rings. The molecule has 3 aromatic rings. The maximum Gasteiger partial charge on any atom is 0.273 e. The van der Waals surface area contributed by atoms with Crippen molar-refractivity contribution in [3.63, 3.8) is 0 Å². The summed E-state index contributed by atoms with van der Waals surface area (Å²) in [4.78, 5) is 31.3. The molecule has 0 aliphatic heterocycles. The molecule has 0 aliphatic carbocycles. The van der Waals surface area contributed by atoms with Crippen LogP contribution < -0.4 is 10.9 Å². The first-order valence-corrected chi connectivity index (χ1v) is 9.73. The van der Waals surface area contributed by atoms with E-state index in [2.05, 4.69) is 25.5 Å². The van der Waals surface area contributed by atoms with Crippen molar-refractivity contribution in [1.82, 2.24) is 20.2 Å². The highest BCUT2D eigenvalue weighted by molar-refractivity contribution is 7.99. The summed E-state index contributed by atoms with van der Waals surface area (Å²) >= 11 is 8.50. The molecule has 1 amide bonds.